The molecule has 20 heavy (non-hydrogen) atoms. The molecule has 0 saturated heterocycles. The van der Waals surface area contributed by atoms with Crippen LogP contribution in [0.25, 0.3) is 0 Å². The first-order valence-corrected chi connectivity index (χ1v) is 8.08. The van der Waals surface area contributed by atoms with Gasteiger partial charge in [0.15, 0.2) is 0 Å². The molecule has 0 aromatic heterocycles. The minimum absolute atomic E-state index is 0.0986. The maximum Gasteiger partial charge on any atom is 0.240 e. The Labute approximate surface area is 120 Å². The third-order valence-electron chi connectivity index (χ3n) is 3.01. The number of halogens is 1. The molecule has 1 aromatic carbocycles. The summed E-state index contributed by atoms with van der Waals surface area (Å²) in [7, 11) is -3.80. The van der Waals surface area contributed by atoms with Crippen LogP contribution < -0.4 is 4.72 Å². The van der Waals surface area contributed by atoms with Gasteiger partial charge in [-0.1, -0.05) is 19.9 Å². The van der Waals surface area contributed by atoms with Crippen LogP contribution in [-0.4, -0.2) is 25.7 Å². The standard InChI is InChI=1S/C14H22FNO3S/c1-11(2)7-8-14(3,17)10-16-20(18,19)13-6-4-5-12(15)9-13/h4-6,9,11,16-17H,7-8,10H2,1-3H3. The van der Waals surface area contributed by atoms with E-state index in [0.717, 1.165) is 12.5 Å². The molecule has 1 aromatic rings. The molecule has 0 aliphatic heterocycles. The van der Waals surface area contributed by atoms with E-state index in [1.165, 1.54) is 18.2 Å². The molecular weight excluding hydrogens is 281 g/mol. The molecule has 0 aliphatic carbocycles. The fraction of sp³-hybridized carbons (Fsp3) is 0.571. The maximum atomic E-state index is 13.0. The predicted molar refractivity (Wildman–Crippen MR) is 76.3 cm³/mol. The van der Waals surface area contributed by atoms with Gasteiger partial charge in [-0.05, 0) is 43.9 Å². The van der Waals surface area contributed by atoms with Crippen molar-refractivity contribution in [1.82, 2.24) is 4.72 Å². The zero-order chi connectivity index (χ0) is 15.4. The first-order chi connectivity index (χ1) is 9.12. The van der Waals surface area contributed by atoms with Crippen LogP contribution in [0.2, 0.25) is 0 Å². The van der Waals surface area contributed by atoms with Crippen molar-refractivity contribution in [2.45, 2.75) is 44.1 Å². The fourth-order valence-electron chi connectivity index (χ4n) is 1.66. The van der Waals surface area contributed by atoms with Crippen LogP contribution in [0.3, 0.4) is 0 Å². The summed E-state index contributed by atoms with van der Waals surface area (Å²) in [6, 6.07) is 4.78. The molecule has 6 heteroatoms. The molecule has 0 fully saturated rings. The maximum absolute atomic E-state index is 13.0. The minimum atomic E-state index is -3.80. The largest absolute Gasteiger partial charge is 0.389 e. The first kappa shape index (κ1) is 17.1. The Hall–Kier alpha value is -0.980. The van der Waals surface area contributed by atoms with Gasteiger partial charge in [-0.2, -0.15) is 0 Å². The number of benzene rings is 1. The van der Waals surface area contributed by atoms with Gasteiger partial charge >= 0.3 is 0 Å². The summed E-state index contributed by atoms with van der Waals surface area (Å²) in [4.78, 5) is -0.142. The molecule has 1 rings (SSSR count). The molecule has 1 atom stereocenters. The summed E-state index contributed by atoms with van der Waals surface area (Å²) in [6.45, 7) is 5.56. The SMILES string of the molecule is CC(C)CCC(C)(O)CNS(=O)(=O)c1cccc(F)c1. The highest BCUT2D eigenvalue weighted by molar-refractivity contribution is 7.89. The monoisotopic (exact) mass is 303 g/mol. The fourth-order valence-corrected chi connectivity index (χ4v) is 2.85. The number of hydrogen-bond donors (Lipinski definition) is 2. The highest BCUT2D eigenvalue weighted by atomic mass is 32.2. The summed E-state index contributed by atoms with van der Waals surface area (Å²) >= 11 is 0. The molecule has 0 bridgehead atoms. The topological polar surface area (TPSA) is 66.4 Å². The second kappa shape index (κ2) is 6.65. The Morgan fingerprint density at radius 2 is 2.05 bits per heavy atom. The van der Waals surface area contributed by atoms with Crippen LogP contribution >= 0.6 is 0 Å². The molecule has 0 heterocycles. The van der Waals surface area contributed by atoms with E-state index in [-0.39, 0.29) is 11.4 Å². The third-order valence-corrected chi connectivity index (χ3v) is 4.41. The number of rotatable bonds is 7. The average molecular weight is 303 g/mol. The van der Waals surface area contributed by atoms with Gasteiger partial charge in [-0.25, -0.2) is 17.5 Å². The van der Waals surface area contributed by atoms with Gasteiger partial charge in [0.25, 0.3) is 0 Å². The van der Waals surface area contributed by atoms with Crippen LogP contribution in [0.5, 0.6) is 0 Å². The van der Waals surface area contributed by atoms with Crippen LogP contribution in [0.1, 0.15) is 33.6 Å². The summed E-state index contributed by atoms with van der Waals surface area (Å²) in [5, 5.41) is 10.1. The quantitative estimate of drug-likeness (QED) is 0.812. The van der Waals surface area contributed by atoms with E-state index < -0.39 is 21.4 Å². The smallest absolute Gasteiger partial charge is 0.240 e. The van der Waals surface area contributed by atoms with Crippen molar-refractivity contribution >= 4 is 10.0 Å². The lowest BCUT2D eigenvalue weighted by Crippen LogP contribution is -2.40. The van der Waals surface area contributed by atoms with E-state index in [1.807, 2.05) is 13.8 Å². The van der Waals surface area contributed by atoms with Gasteiger partial charge in [0, 0.05) is 6.54 Å². The van der Waals surface area contributed by atoms with E-state index >= 15 is 0 Å². The highest BCUT2D eigenvalue weighted by Gasteiger charge is 2.24. The van der Waals surface area contributed by atoms with Crippen molar-refractivity contribution in [3.63, 3.8) is 0 Å². The van der Waals surface area contributed by atoms with Gasteiger partial charge in [0.2, 0.25) is 10.0 Å². The number of sulfonamides is 1. The van der Waals surface area contributed by atoms with Gasteiger partial charge < -0.3 is 5.11 Å². The molecule has 0 radical (unpaired) electrons. The lowest BCUT2D eigenvalue weighted by atomic mass is 9.96. The Morgan fingerprint density at radius 3 is 2.60 bits per heavy atom. The number of nitrogens with one attached hydrogen (secondary N) is 1. The van der Waals surface area contributed by atoms with Crippen molar-refractivity contribution in [3.05, 3.63) is 30.1 Å². The van der Waals surface area contributed by atoms with Crippen molar-refractivity contribution in [3.8, 4) is 0 Å². The van der Waals surface area contributed by atoms with Crippen molar-refractivity contribution in [1.29, 1.82) is 0 Å². The van der Waals surface area contributed by atoms with Crippen LogP contribution in [0, 0.1) is 11.7 Å². The molecule has 2 N–H and O–H groups in total. The molecule has 0 aliphatic rings. The Kier molecular flexibility index (Phi) is 5.68. The molecule has 1 unspecified atom stereocenters. The zero-order valence-corrected chi connectivity index (χ0v) is 12.9. The van der Waals surface area contributed by atoms with Gasteiger partial charge in [-0.3, -0.25) is 0 Å². The zero-order valence-electron chi connectivity index (χ0n) is 12.1. The van der Waals surface area contributed by atoms with E-state index in [0.29, 0.717) is 12.3 Å². The highest BCUT2D eigenvalue weighted by Crippen LogP contribution is 2.17. The molecular formula is C14H22FNO3S. The summed E-state index contributed by atoms with van der Waals surface area (Å²) < 4.78 is 39.3. The van der Waals surface area contributed by atoms with E-state index in [9.17, 15) is 17.9 Å². The van der Waals surface area contributed by atoms with E-state index in [1.54, 1.807) is 6.92 Å². The van der Waals surface area contributed by atoms with Gasteiger partial charge in [0.1, 0.15) is 5.82 Å². The first-order valence-electron chi connectivity index (χ1n) is 6.60. The third kappa shape index (κ3) is 5.56. The second-order valence-electron chi connectivity index (χ2n) is 5.71. The van der Waals surface area contributed by atoms with Crippen molar-refractivity contribution < 1.29 is 17.9 Å². The molecule has 0 spiro atoms. The van der Waals surface area contributed by atoms with Crippen LogP contribution in [-0.2, 0) is 10.0 Å². The lowest BCUT2D eigenvalue weighted by molar-refractivity contribution is 0.0506. The summed E-state index contributed by atoms with van der Waals surface area (Å²) in [5.41, 5.74) is -1.12. The Balaban J connectivity index is 2.68. The molecule has 0 amide bonds. The van der Waals surface area contributed by atoms with Gasteiger partial charge in [0.05, 0.1) is 10.5 Å². The molecule has 4 nitrogen and oxygen atoms in total. The number of aliphatic hydroxyl groups is 1. The van der Waals surface area contributed by atoms with Crippen molar-refractivity contribution in [2.24, 2.45) is 5.92 Å². The van der Waals surface area contributed by atoms with E-state index in [2.05, 4.69) is 4.72 Å². The van der Waals surface area contributed by atoms with E-state index in [4.69, 9.17) is 0 Å². The summed E-state index contributed by atoms with van der Waals surface area (Å²) in [6.07, 6.45) is 1.30. The van der Waals surface area contributed by atoms with Crippen LogP contribution in [0.15, 0.2) is 29.2 Å². The molecule has 114 valence electrons. The number of hydrogen-bond acceptors (Lipinski definition) is 3. The minimum Gasteiger partial charge on any atom is -0.389 e. The van der Waals surface area contributed by atoms with Gasteiger partial charge in [-0.15, -0.1) is 0 Å². The summed E-state index contributed by atoms with van der Waals surface area (Å²) in [5.74, 6) is -0.180. The molecule has 0 saturated carbocycles. The normalized spacial score (nSPS) is 15.3. The Morgan fingerprint density at radius 1 is 1.40 bits per heavy atom. The lowest BCUT2D eigenvalue weighted by Gasteiger charge is -2.24. The average Bonchev–Trinajstić information content (AvgIpc) is 2.35. The Bertz CT molecular complexity index is 541. The van der Waals surface area contributed by atoms with Crippen LogP contribution in [0.4, 0.5) is 4.39 Å². The predicted octanol–water partition coefficient (Wildman–Crippen LogP) is 2.29. The second-order valence-corrected chi connectivity index (χ2v) is 7.48. The van der Waals surface area contributed by atoms with Crippen molar-refractivity contribution in [2.75, 3.05) is 6.54 Å².